The first-order valence-corrected chi connectivity index (χ1v) is 6.32. The van der Waals surface area contributed by atoms with Crippen molar-refractivity contribution in [2.24, 2.45) is 0 Å². The number of rotatable bonds is 7. The highest BCUT2D eigenvalue weighted by atomic mass is 16.4. The fourth-order valence-corrected chi connectivity index (χ4v) is 1.60. The van der Waals surface area contributed by atoms with Crippen LogP contribution in [-0.2, 0) is 20.9 Å². The van der Waals surface area contributed by atoms with Crippen LogP contribution in [0.3, 0.4) is 0 Å². The van der Waals surface area contributed by atoms with Crippen molar-refractivity contribution in [3.05, 3.63) is 29.8 Å². The van der Waals surface area contributed by atoms with Gasteiger partial charge in [-0.15, -0.1) is 0 Å². The summed E-state index contributed by atoms with van der Waals surface area (Å²) >= 11 is 0. The topological polar surface area (TPSA) is 95.5 Å². The van der Waals surface area contributed by atoms with Crippen LogP contribution in [0.2, 0.25) is 0 Å². The maximum Gasteiger partial charge on any atom is 0.303 e. The van der Waals surface area contributed by atoms with Gasteiger partial charge in [-0.3, -0.25) is 14.4 Å². The molecule has 0 aliphatic heterocycles. The summed E-state index contributed by atoms with van der Waals surface area (Å²) in [6.45, 7) is 1.82. The van der Waals surface area contributed by atoms with Crippen LogP contribution in [0.1, 0.15) is 31.7 Å². The van der Waals surface area contributed by atoms with Gasteiger partial charge in [0.25, 0.3) is 0 Å². The van der Waals surface area contributed by atoms with Gasteiger partial charge in [0.1, 0.15) is 0 Å². The number of amides is 2. The Labute approximate surface area is 117 Å². The summed E-state index contributed by atoms with van der Waals surface area (Å²) in [5.74, 6) is -1.20. The molecule has 1 aromatic carbocycles. The molecule has 108 valence electrons. The van der Waals surface area contributed by atoms with Crippen LogP contribution in [0, 0.1) is 0 Å². The minimum absolute atomic E-state index is 0.00116. The third-order valence-corrected chi connectivity index (χ3v) is 2.56. The minimum atomic E-state index is -0.897. The summed E-state index contributed by atoms with van der Waals surface area (Å²) in [7, 11) is 0. The second-order valence-electron chi connectivity index (χ2n) is 4.40. The Bertz CT molecular complexity index is 482. The Hall–Kier alpha value is -2.37. The van der Waals surface area contributed by atoms with Crippen LogP contribution < -0.4 is 10.6 Å². The summed E-state index contributed by atoms with van der Waals surface area (Å²) in [5.41, 5.74) is 1.61. The highest BCUT2D eigenvalue weighted by molar-refractivity contribution is 5.88. The van der Waals surface area contributed by atoms with Gasteiger partial charge in [-0.25, -0.2) is 0 Å². The molecule has 0 saturated carbocycles. The van der Waals surface area contributed by atoms with E-state index in [1.54, 1.807) is 12.1 Å². The predicted molar refractivity (Wildman–Crippen MR) is 74.1 cm³/mol. The van der Waals surface area contributed by atoms with Crippen LogP contribution in [0.4, 0.5) is 5.69 Å². The van der Waals surface area contributed by atoms with Gasteiger partial charge in [0.2, 0.25) is 11.8 Å². The van der Waals surface area contributed by atoms with E-state index in [2.05, 4.69) is 10.6 Å². The lowest BCUT2D eigenvalue weighted by Crippen LogP contribution is -2.22. The number of carbonyl (C=O) groups excluding carboxylic acids is 2. The zero-order chi connectivity index (χ0) is 15.0. The molecule has 0 aliphatic carbocycles. The molecule has 0 fully saturated rings. The zero-order valence-corrected chi connectivity index (χ0v) is 11.3. The molecule has 0 heterocycles. The van der Waals surface area contributed by atoms with E-state index in [0.29, 0.717) is 18.7 Å². The number of carbonyl (C=O) groups is 3. The number of anilines is 1. The molecule has 0 atom stereocenters. The van der Waals surface area contributed by atoms with Crippen LogP contribution in [0.25, 0.3) is 0 Å². The first-order valence-electron chi connectivity index (χ1n) is 6.32. The molecular weight excluding hydrogens is 260 g/mol. The van der Waals surface area contributed by atoms with Gasteiger partial charge in [-0.2, -0.15) is 0 Å². The van der Waals surface area contributed by atoms with E-state index >= 15 is 0 Å². The Morgan fingerprint density at radius 1 is 1.10 bits per heavy atom. The second kappa shape index (κ2) is 7.93. The third-order valence-electron chi connectivity index (χ3n) is 2.56. The van der Waals surface area contributed by atoms with Gasteiger partial charge >= 0.3 is 5.97 Å². The van der Waals surface area contributed by atoms with Crippen molar-refractivity contribution in [2.75, 3.05) is 5.32 Å². The summed E-state index contributed by atoms with van der Waals surface area (Å²) in [6, 6.07) is 7.13. The molecule has 2 amide bonds. The van der Waals surface area contributed by atoms with E-state index in [1.165, 1.54) is 6.92 Å². The number of hydrogen-bond donors (Lipinski definition) is 3. The summed E-state index contributed by atoms with van der Waals surface area (Å²) in [5, 5.41) is 13.8. The second-order valence-corrected chi connectivity index (χ2v) is 4.40. The van der Waals surface area contributed by atoms with Crippen molar-refractivity contribution in [1.82, 2.24) is 5.32 Å². The molecule has 0 bridgehead atoms. The molecule has 6 heteroatoms. The third kappa shape index (κ3) is 6.53. The van der Waals surface area contributed by atoms with E-state index in [1.807, 2.05) is 12.1 Å². The molecule has 1 rings (SSSR count). The molecule has 0 radical (unpaired) electrons. The Morgan fingerprint density at radius 3 is 2.30 bits per heavy atom. The van der Waals surface area contributed by atoms with Crippen LogP contribution in [0.15, 0.2) is 24.3 Å². The van der Waals surface area contributed by atoms with Crippen molar-refractivity contribution in [3.8, 4) is 0 Å². The molecular formula is C14H18N2O4. The predicted octanol–water partition coefficient (Wildman–Crippen LogP) is 1.52. The molecule has 0 saturated heterocycles. The van der Waals surface area contributed by atoms with Gasteiger partial charge in [-0.05, 0) is 24.1 Å². The van der Waals surface area contributed by atoms with Gasteiger partial charge in [-0.1, -0.05) is 12.1 Å². The normalized spacial score (nSPS) is 9.85. The van der Waals surface area contributed by atoms with Gasteiger partial charge in [0.15, 0.2) is 0 Å². The average Bonchev–Trinajstić information content (AvgIpc) is 2.37. The van der Waals surface area contributed by atoms with Gasteiger partial charge in [0.05, 0.1) is 0 Å². The number of aliphatic carboxylic acids is 1. The fourth-order valence-electron chi connectivity index (χ4n) is 1.60. The van der Waals surface area contributed by atoms with Crippen molar-refractivity contribution in [1.29, 1.82) is 0 Å². The number of carboxylic acid groups (broad SMARTS) is 1. The van der Waals surface area contributed by atoms with Crippen molar-refractivity contribution < 1.29 is 19.5 Å². The van der Waals surface area contributed by atoms with Crippen molar-refractivity contribution in [2.45, 2.75) is 32.7 Å². The largest absolute Gasteiger partial charge is 0.481 e. The first-order chi connectivity index (χ1) is 9.47. The summed E-state index contributed by atoms with van der Waals surface area (Å²) < 4.78 is 0. The Morgan fingerprint density at radius 2 is 1.75 bits per heavy atom. The van der Waals surface area contributed by atoms with E-state index in [0.717, 1.165) is 5.56 Å². The van der Waals surface area contributed by atoms with Crippen molar-refractivity contribution in [3.63, 3.8) is 0 Å². The highest BCUT2D eigenvalue weighted by Gasteiger charge is 2.04. The van der Waals surface area contributed by atoms with E-state index < -0.39 is 5.97 Å². The van der Waals surface area contributed by atoms with E-state index in [-0.39, 0.29) is 24.7 Å². The monoisotopic (exact) mass is 278 g/mol. The molecule has 1 aromatic rings. The van der Waals surface area contributed by atoms with Crippen LogP contribution >= 0.6 is 0 Å². The molecule has 20 heavy (non-hydrogen) atoms. The standard InChI is InChI=1S/C14H18N2O4/c1-10(17)16-12-7-5-11(6-8-12)9-15-13(18)3-2-4-14(19)20/h5-8H,2-4,9H2,1H3,(H,15,18)(H,16,17)(H,19,20). The first kappa shape index (κ1) is 15.7. The number of nitrogens with one attached hydrogen (secondary N) is 2. The van der Waals surface area contributed by atoms with Gasteiger partial charge in [0, 0.05) is 32.0 Å². The summed E-state index contributed by atoms with van der Waals surface area (Å²) in [6.07, 6.45) is 0.539. The smallest absolute Gasteiger partial charge is 0.303 e. The molecule has 3 N–H and O–H groups in total. The lowest BCUT2D eigenvalue weighted by molar-refractivity contribution is -0.137. The quantitative estimate of drug-likeness (QED) is 0.704. The number of carboxylic acids is 1. The van der Waals surface area contributed by atoms with E-state index in [9.17, 15) is 14.4 Å². The molecule has 0 aliphatic rings. The number of hydrogen-bond acceptors (Lipinski definition) is 3. The molecule has 0 aromatic heterocycles. The van der Waals surface area contributed by atoms with Crippen LogP contribution in [0.5, 0.6) is 0 Å². The number of benzene rings is 1. The average molecular weight is 278 g/mol. The lowest BCUT2D eigenvalue weighted by atomic mass is 10.2. The molecule has 0 unspecified atom stereocenters. The lowest BCUT2D eigenvalue weighted by Gasteiger charge is -2.06. The minimum Gasteiger partial charge on any atom is -0.481 e. The van der Waals surface area contributed by atoms with Crippen molar-refractivity contribution >= 4 is 23.5 Å². The summed E-state index contributed by atoms with van der Waals surface area (Å²) in [4.78, 5) is 32.6. The van der Waals surface area contributed by atoms with Crippen LogP contribution in [-0.4, -0.2) is 22.9 Å². The van der Waals surface area contributed by atoms with E-state index in [4.69, 9.17) is 5.11 Å². The highest BCUT2D eigenvalue weighted by Crippen LogP contribution is 2.09. The maximum absolute atomic E-state index is 11.4. The Balaban J connectivity index is 2.32. The maximum atomic E-state index is 11.4. The zero-order valence-electron chi connectivity index (χ0n) is 11.3. The fraction of sp³-hybridized carbons (Fsp3) is 0.357. The SMILES string of the molecule is CC(=O)Nc1ccc(CNC(=O)CCCC(=O)O)cc1. The molecule has 6 nitrogen and oxygen atoms in total. The molecule has 0 spiro atoms. The van der Waals surface area contributed by atoms with Gasteiger partial charge < -0.3 is 15.7 Å². The Kier molecular flexibility index (Phi) is 6.22.